The average molecular weight is 350 g/mol. The topological polar surface area (TPSA) is 64.0 Å². The fourth-order valence-electron chi connectivity index (χ4n) is 2.79. The summed E-state index contributed by atoms with van der Waals surface area (Å²) in [4.78, 5) is 0.322. The van der Waals surface area contributed by atoms with Gasteiger partial charge in [-0.2, -0.15) is 5.10 Å². The summed E-state index contributed by atoms with van der Waals surface area (Å²) in [6, 6.07) is 0. The van der Waals surface area contributed by atoms with Crippen molar-refractivity contribution in [1.29, 1.82) is 0 Å². The molecule has 0 spiro atoms. The molecule has 108 valence electrons. The Balaban J connectivity index is 2.38. The van der Waals surface area contributed by atoms with Crippen LogP contribution in [0.15, 0.2) is 4.90 Å². The van der Waals surface area contributed by atoms with Gasteiger partial charge < -0.3 is 0 Å². The summed E-state index contributed by atoms with van der Waals surface area (Å²) in [7, 11) is -1.76. The number of nitrogens with one attached hydrogen (secondary N) is 1. The molecule has 1 heterocycles. The summed E-state index contributed by atoms with van der Waals surface area (Å²) < 4.78 is 29.8. The Labute approximate surface area is 122 Å². The third-order valence-electron chi connectivity index (χ3n) is 3.88. The predicted octanol–water partition coefficient (Wildman–Crippen LogP) is 2.02. The normalized spacial score (nSPS) is 18.9. The Hall–Kier alpha value is -0.400. The molecular formula is C12H20BrN3O2S. The SMILES string of the molecule is Cc1nn(C)c(C)c1S(=O)(=O)NC1(CBr)CCCC1. The largest absolute Gasteiger partial charge is 0.271 e. The number of aromatic nitrogens is 2. The molecule has 0 atom stereocenters. The lowest BCUT2D eigenvalue weighted by molar-refractivity contribution is 0.437. The lowest BCUT2D eigenvalue weighted by Crippen LogP contribution is -2.47. The van der Waals surface area contributed by atoms with Gasteiger partial charge in [-0.1, -0.05) is 28.8 Å². The average Bonchev–Trinajstić information content (AvgIpc) is 2.85. The molecular weight excluding hydrogens is 330 g/mol. The van der Waals surface area contributed by atoms with Gasteiger partial charge in [-0.25, -0.2) is 13.1 Å². The van der Waals surface area contributed by atoms with E-state index < -0.39 is 10.0 Å². The third kappa shape index (κ3) is 2.73. The number of alkyl halides is 1. The highest BCUT2D eigenvalue weighted by Crippen LogP contribution is 2.33. The first-order chi connectivity index (χ1) is 8.81. The van der Waals surface area contributed by atoms with E-state index in [9.17, 15) is 8.42 Å². The number of aryl methyl sites for hydroxylation is 2. The van der Waals surface area contributed by atoms with Gasteiger partial charge in [0, 0.05) is 17.9 Å². The first-order valence-electron chi connectivity index (χ1n) is 6.41. The number of halogens is 1. The minimum Gasteiger partial charge on any atom is -0.271 e. The van der Waals surface area contributed by atoms with Crippen LogP contribution >= 0.6 is 15.9 Å². The molecule has 0 bridgehead atoms. The predicted molar refractivity (Wildman–Crippen MR) is 78.0 cm³/mol. The summed E-state index contributed by atoms with van der Waals surface area (Å²) in [6.45, 7) is 3.51. The summed E-state index contributed by atoms with van der Waals surface area (Å²) in [5.41, 5.74) is 0.885. The highest BCUT2D eigenvalue weighted by molar-refractivity contribution is 9.09. The van der Waals surface area contributed by atoms with E-state index >= 15 is 0 Å². The van der Waals surface area contributed by atoms with E-state index in [0.717, 1.165) is 25.7 Å². The Bertz CT molecular complexity index is 574. The second-order valence-electron chi connectivity index (χ2n) is 5.35. The van der Waals surface area contributed by atoms with Crippen LogP contribution in [0.4, 0.5) is 0 Å². The highest BCUT2D eigenvalue weighted by Gasteiger charge is 2.38. The summed E-state index contributed by atoms with van der Waals surface area (Å²) in [5.74, 6) is 0. The number of sulfonamides is 1. The second-order valence-corrected chi connectivity index (χ2v) is 7.53. The maximum atomic E-state index is 12.6. The van der Waals surface area contributed by atoms with Gasteiger partial charge >= 0.3 is 0 Å². The van der Waals surface area contributed by atoms with Crippen LogP contribution < -0.4 is 4.72 Å². The van der Waals surface area contributed by atoms with Gasteiger partial charge in [-0.15, -0.1) is 0 Å². The number of hydrogen-bond donors (Lipinski definition) is 1. The van der Waals surface area contributed by atoms with Crippen molar-refractivity contribution in [3.05, 3.63) is 11.4 Å². The van der Waals surface area contributed by atoms with E-state index in [1.54, 1.807) is 25.6 Å². The van der Waals surface area contributed by atoms with Crippen LogP contribution in [0, 0.1) is 13.8 Å². The van der Waals surface area contributed by atoms with Crippen molar-refractivity contribution in [2.45, 2.75) is 50.0 Å². The molecule has 5 nitrogen and oxygen atoms in total. The van der Waals surface area contributed by atoms with Crippen LogP contribution in [0.5, 0.6) is 0 Å². The van der Waals surface area contributed by atoms with Crippen LogP contribution in [-0.2, 0) is 17.1 Å². The van der Waals surface area contributed by atoms with E-state index in [1.807, 2.05) is 0 Å². The third-order valence-corrected chi connectivity index (χ3v) is 6.78. The van der Waals surface area contributed by atoms with Crippen molar-refractivity contribution in [2.24, 2.45) is 7.05 Å². The first-order valence-corrected chi connectivity index (χ1v) is 9.02. The molecule has 0 radical (unpaired) electrons. The minimum atomic E-state index is -3.52. The number of nitrogens with zero attached hydrogens (tertiary/aromatic N) is 2. The Morgan fingerprint density at radius 1 is 1.37 bits per heavy atom. The van der Waals surface area contributed by atoms with Crippen LogP contribution in [-0.4, -0.2) is 29.1 Å². The lowest BCUT2D eigenvalue weighted by atomic mass is 10.0. The van der Waals surface area contributed by atoms with Gasteiger partial charge in [-0.3, -0.25) is 4.68 Å². The monoisotopic (exact) mass is 349 g/mol. The molecule has 0 unspecified atom stereocenters. The molecule has 0 aromatic carbocycles. The highest BCUT2D eigenvalue weighted by atomic mass is 79.9. The zero-order valence-electron chi connectivity index (χ0n) is 11.5. The molecule has 19 heavy (non-hydrogen) atoms. The molecule has 1 aliphatic rings. The maximum absolute atomic E-state index is 12.6. The number of rotatable bonds is 4. The Morgan fingerprint density at radius 2 is 1.95 bits per heavy atom. The van der Waals surface area contributed by atoms with Crippen LogP contribution in [0.25, 0.3) is 0 Å². The second kappa shape index (κ2) is 5.18. The van der Waals surface area contributed by atoms with E-state index in [1.165, 1.54) is 0 Å². The molecule has 0 aliphatic heterocycles. The zero-order chi connectivity index (χ0) is 14.3. The smallest absolute Gasteiger partial charge is 0.244 e. The first kappa shape index (κ1) is 15.0. The van der Waals surface area contributed by atoms with Crippen LogP contribution in [0.3, 0.4) is 0 Å². The Kier molecular flexibility index (Phi) is 4.09. The summed E-state index contributed by atoms with van der Waals surface area (Å²) in [6.07, 6.45) is 3.91. The molecule has 1 aromatic heterocycles. The van der Waals surface area contributed by atoms with Gasteiger partial charge in [0.15, 0.2) is 0 Å². The Morgan fingerprint density at radius 3 is 2.37 bits per heavy atom. The quantitative estimate of drug-likeness (QED) is 0.845. The zero-order valence-corrected chi connectivity index (χ0v) is 13.9. The fraction of sp³-hybridized carbons (Fsp3) is 0.750. The van der Waals surface area contributed by atoms with Gasteiger partial charge in [0.05, 0.1) is 11.4 Å². The molecule has 0 amide bonds. The van der Waals surface area contributed by atoms with Gasteiger partial charge in [-0.05, 0) is 26.7 Å². The van der Waals surface area contributed by atoms with Crippen molar-refractivity contribution < 1.29 is 8.42 Å². The van der Waals surface area contributed by atoms with E-state index in [2.05, 4.69) is 25.8 Å². The summed E-state index contributed by atoms with van der Waals surface area (Å²) >= 11 is 3.45. The van der Waals surface area contributed by atoms with Crippen molar-refractivity contribution in [3.8, 4) is 0 Å². The molecule has 1 aliphatic carbocycles. The van der Waals surface area contributed by atoms with E-state index in [0.29, 0.717) is 21.6 Å². The fourth-order valence-corrected chi connectivity index (χ4v) is 5.58. The minimum absolute atomic E-state index is 0.322. The van der Waals surface area contributed by atoms with Crippen LogP contribution in [0.2, 0.25) is 0 Å². The van der Waals surface area contributed by atoms with Crippen molar-refractivity contribution >= 4 is 26.0 Å². The molecule has 1 aromatic rings. The number of hydrogen-bond acceptors (Lipinski definition) is 3. The van der Waals surface area contributed by atoms with E-state index in [4.69, 9.17) is 0 Å². The van der Waals surface area contributed by atoms with Gasteiger partial charge in [0.25, 0.3) is 0 Å². The van der Waals surface area contributed by atoms with Crippen LogP contribution in [0.1, 0.15) is 37.1 Å². The van der Waals surface area contributed by atoms with Crippen molar-refractivity contribution in [3.63, 3.8) is 0 Å². The van der Waals surface area contributed by atoms with Crippen molar-refractivity contribution in [1.82, 2.24) is 14.5 Å². The van der Waals surface area contributed by atoms with Gasteiger partial charge in [0.1, 0.15) is 4.90 Å². The molecule has 2 rings (SSSR count). The lowest BCUT2D eigenvalue weighted by Gasteiger charge is -2.27. The van der Waals surface area contributed by atoms with E-state index in [-0.39, 0.29) is 5.54 Å². The van der Waals surface area contributed by atoms with Gasteiger partial charge in [0.2, 0.25) is 10.0 Å². The standard InChI is InChI=1S/C12H20BrN3O2S/c1-9-11(10(2)16(3)14-9)19(17,18)15-12(8-13)6-4-5-7-12/h15H,4-8H2,1-3H3. The maximum Gasteiger partial charge on any atom is 0.244 e. The molecule has 1 N–H and O–H groups in total. The van der Waals surface area contributed by atoms with Crippen molar-refractivity contribution in [2.75, 3.05) is 5.33 Å². The molecule has 1 fully saturated rings. The molecule has 1 saturated carbocycles. The molecule has 7 heteroatoms. The molecule has 0 saturated heterocycles. The summed E-state index contributed by atoms with van der Waals surface area (Å²) in [5, 5.41) is 4.84.